The highest BCUT2D eigenvalue weighted by Crippen LogP contribution is 2.33. The van der Waals surface area contributed by atoms with Gasteiger partial charge in [0, 0.05) is 12.1 Å². The van der Waals surface area contributed by atoms with E-state index in [1.54, 1.807) is 0 Å². The zero-order chi connectivity index (χ0) is 16.4. The van der Waals surface area contributed by atoms with E-state index in [-0.39, 0.29) is 11.9 Å². The summed E-state index contributed by atoms with van der Waals surface area (Å²) in [6.07, 6.45) is 0.824. The van der Waals surface area contributed by atoms with Gasteiger partial charge in [0.15, 0.2) is 0 Å². The van der Waals surface area contributed by atoms with Crippen LogP contribution < -0.4 is 0 Å². The number of carbonyl (C=O) groups excluding carboxylic acids is 1. The average molecular weight is 313 g/mol. The van der Waals surface area contributed by atoms with E-state index in [2.05, 4.69) is 42.5 Å². The molecule has 0 N–H and O–H groups in total. The molecule has 0 saturated carbocycles. The SMILES string of the molecule is O=C1c2ccccc2CN1C(Cc1ccccc1)c1ccccc1. The van der Waals surface area contributed by atoms with Crippen molar-refractivity contribution in [3.8, 4) is 0 Å². The Bertz CT molecular complexity index is 842. The first-order valence-corrected chi connectivity index (χ1v) is 8.30. The maximum Gasteiger partial charge on any atom is 0.255 e. The van der Waals surface area contributed by atoms with Gasteiger partial charge in [0.1, 0.15) is 0 Å². The van der Waals surface area contributed by atoms with Gasteiger partial charge in [-0.05, 0) is 29.2 Å². The van der Waals surface area contributed by atoms with Crippen LogP contribution in [0.15, 0.2) is 84.9 Å². The molecular weight excluding hydrogens is 294 g/mol. The van der Waals surface area contributed by atoms with Gasteiger partial charge in [-0.1, -0.05) is 78.9 Å². The highest BCUT2D eigenvalue weighted by molar-refractivity contribution is 5.98. The number of carbonyl (C=O) groups is 1. The number of benzene rings is 3. The molecule has 4 rings (SSSR count). The Balaban J connectivity index is 1.70. The van der Waals surface area contributed by atoms with Gasteiger partial charge in [-0.25, -0.2) is 0 Å². The van der Waals surface area contributed by atoms with E-state index in [0.717, 1.165) is 17.5 Å². The van der Waals surface area contributed by atoms with Crippen molar-refractivity contribution in [2.75, 3.05) is 0 Å². The second-order valence-corrected chi connectivity index (χ2v) is 6.21. The lowest BCUT2D eigenvalue weighted by atomic mass is 9.97. The molecule has 3 aromatic rings. The fourth-order valence-corrected chi connectivity index (χ4v) is 3.45. The normalized spacial score (nSPS) is 14.5. The van der Waals surface area contributed by atoms with E-state index < -0.39 is 0 Å². The summed E-state index contributed by atoms with van der Waals surface area (Å²) in [5.41, 5.74) is 4.39. The summed E-state index contributed by atoms with van der Waals surface area (Å²) in [6.45, 7) is 0.682. The largest absolute Gasteiger partial charge is 0.327 e. The first-order valence-electron chi connectivity index (χ1n) is 8.30. The minimum atomic E-state index is 0.0495. The lowest BCUT2D eigenvalue weighted by molar-refractivity contribution is 0.0700. The molecule has 0 radical (unpaired) electrons. The summed E-state index contributed by atoms with van der Waals surface area (Å²) in [7, 11) is 0. The smallest absolute Gasteiger partial charge is 0.255 e. The Labute approximate surface area is 142 Å². The molecule has 1 heterocycles. The van der Waals surface area contributed by atoms with Crippen LogP contribution >= 0.6 is 0 Å². The topological polar surface area (TPSA) is 20.3 Å². The molecule has 0 saturated heterocycles. The molecule has 1 aliphatic rings. The van der Waals surface area contributed by atoms with Gasteiger partial charge in [0.05, 0.1) is 6.04 Å². The molecule has 0 spiro atoms. The van der Waals surface area contributed by atoms with Crippen LogP contribution in [-0.2, 0) is 13.0 Å². The molecule has 1 amide bonds. The van der Waals surface area contributed by atoms with Gasteiger partial charge in [-0.3, -0.25) is 4.79 Å². The highest BCUT2D eigenvalue weighted by Gasteiger charge is 2.33. The molecule has 1 aliphatic heterocycles. The molecule has 0 fully saturated rings. The molecule has 24 heavy (non-hydrogen) atoms. The quantitative estimate of drug-likeness (QED) is 0.688. The number of fused-ring (bicyclic) bond motifs is 1. The molecule has 1 unspecified atom stereocenters. The fourth-order valence-electron chi connectivity index (χ4n) is 3.45. The second kappa shape index (κ2) is 6.32. The van der Waals surface area contributed by atoms with Crippen LogP contribution in [0, 0.1) is 0 Å². The first kappa shape index (κ1) is 14.7. The van der Waals surface area contributed by atoms with E-state index >= 15 is 0 Å². The van der Waals surface area contributed by atoms with Gasteiger partial charge in [0.25, 0.3) is 5.91 Å². The molecule has 118 valence electrons. The molecule has 0 bridgehead atoms. The molecule has 0 aliphatic carbocycles. The number of rotatable bonds is 4. The van der Waals surface area contributed by atoms with Crippen LogP contribution in [0.25, 0.3) is 0 Å². The van der Waals surface area contributed by atoms with E-state index in [9.17, 15) is 4.79 Å². The summed E-state index contributed by atoms with van der Waals surface area (Å²) < 4.78 is 0. The van der Waals surface area contributed by atoms with Crippen molar-refractivity contribution in [1.82, 2.24) is 4.90 Å². The standard InChI is InChI=1S/C22H19NO/c24-22-20-14-8-7-13-19(20)16-23(22)21(18-11-5-2-6-12-18)15-17-9-3-1-4-10-17/h1-14,21H,15-16H2. The lowest BCUT2D eigenvalue weighted by Gasteiger charge is -2.28. The average Bonchev–Trinajstić information content (AvgIpc) is 2.98. The van der Waals surface area contributed by atoms with Crippen LogP contribution in [0.1, 0.15) is 33.1 Å². The monoisotopic (exact) mass is 313 g/mol. The third-order valence-electron chi connectivity index (χ3n) is 4.68. The van der Waals surface area contributed by atoms with Gasteiger partial charge in [-0.2, -0.15) is 0 Å². The molecule has 2 heteroatoms. The van der Waals surface area contributed by atoms with Crippen molar-refractivity contribution in [3.05, 3.63) is 107 Å². The summed E-state index contributed by atoms with van der Waals surface area (Å²) in [5, 5.41) is 0. The zero-order valence-electron chi connectivity index (χ0n) is 13.4. The van der Waals surface area contributed by atoms with E-state index in [1.807, 2.05) is 47.4 Å². The van der Waals surface area contributed by atoms with Crippen molar-refractivity contribution in [3.63, 3.8) is 0 Å². The van der Waals surface area contributed by atoms with E-state index in [0.29, 0.717) is 6.54 Å². The maximum atomic E-state index is 12.9. The Hall–Kier alpha value is -2.87. The molecule has 3 aromatic carbocycles. The van der Waals surface area contributed by atoms with Gasteiger partial charge < -0.3 is 4.90 Å². The van der Waals surface area contributed by atoms with Gasteiger partial charge >= 0.3 is 0 Å². The number of hydrogen-bond acceptors (Lipinski definition) is 1. The van der Waals surface area contributed by atoms with Crippen molar-refractivity contribution < 1.29 is 4.79 Å². The predicted molar refractivity (Wildman–Crippen MR) is 95.6 cm³/mol. The fraction of sp³-hybridized carbons (Fsp3) is 0.136. The second-order valence-electron chi connectivity index (χ2n) is 6.21. The van der Waals surface area contributed by atoms with Crippen LogP contribution in [0.4, 0.5) is 0 Å². The first-order chi connectivity index (χ1) is 11.8. The van der Waals surface area contributed by atoms with Crippen LogP contribution in [0.3, 0.4) is 0 Å². The predicted octanol–water partition coefficient (Wildman–Crippen LogP) is 4.63. The van der Waals surface area contributed by atoms with Crippen molar-refractivity contribution in [2.45, 2.75) is 19.0 Å². The van der Waals surface area contributed by atoms with Crippen LogP contribution in [0.2, 0.25) is 0 Å². The zero-order valence-corrected chi connectivity index (χ0v) is 13.4. The Kier molecular flexibility index (Phi) is 3.87. The Morgan fingerprint density at radius 1 is 0.792 bits per heavy atom. The number of hydrogen-bond donors (Lipinski definition) is 0. The molecule has 1 atom stereocenters. The number of nitrogens with zero attached hydrogens (tertiary/aromatic N) is 1. The van der Waals surface area contributed by atoms with Crippen LogP contribution in [-0.4, -0.2) is 10.8 Å². The summed E-state index contributed by atoms with van der Waals surface area (Å²) in [4.78, 5) is 14.9. The maximum absolute atomic E-state index is 12.9. The van der Waals surface area contributed by atoms with E-state index in [1.165, 1.54) is 11.1 Å². The highest BCUT2D eigenvalue weighted by atomic mass is 16.2. The lowest BCUT2D eigenvalue weighted by Crippen LogP contribution is -2.30. The Morgan fingerprint density at radius 2 is 1.42 bits per heavy atom. The summed E-state index contributed by atoms with van der Waals surface area (Å²) >= 11 is 0. The number of amides is 1. The molecule has 0 aromatic heterocycles. The third kappa shape index (κ3) is 2.71. The molecular formula is C22H19NO. The summed E-state index contributed by atoms with van der Waals surface area (Å²) in [6, 6.07) is 28.7. The van der Waals surface area contributed by atoms with Crippen molar-refractivity contribution in [2.24, 2.45) is 0 Å². The molecule has 2 nitrogen and oxygen atoms in total. The van der Waals surface area contributed by atoms with Gasteiger partial charge in [0.2, 0.25) is 0 Å². The van der Waals surface area contributed by atoms with E-state index in [4.69, 9.17) is 0 Å². The van der Waals surface area contributed by atoms with Gasteiger partial charge in [-0.15, -0.1) is 0 Å². The van der Waals surface area contributed by atoms with Crippen LogP contribution in [0.5, 0.6) is 0 Å². The van der Waals surface area contributed by atoms with Crippen molar-refractivity contribution in [1.29, 1.82) is 0 Å². The third-order valence-corrected chi connectivity index (χ3v) is 4.68. The Morgan fingerprint density at radius 3 is 2.12 bits per heavy atom. The van der Waals surface area contributed by atoms with Crippen molar-refractivity contribution >= 4 is 5.91 Å². The summed E-state index contributed by atoms with van der Waals surface area (Å²) in [5.74, 6) is 0.135. The minimum Gasteiger partial charge on any atom is -0.327 e. The minimum absolute atomic E-state index is 0.0495.